The SMILES string of the molecule is CC/C=C\C/C=C\C/C=C\CCCCCC[C@@H](O)CN(CCCC(=O)OCCN1CCN(CCSSCCCCN(CC(O)CCCCCCCCCC)CC(O)CCCCCCCCCC)CC1)C[C@H](O)CCCCCC/C=C\C/C=C\C/C=C\CC. The van der Waals surface area contributed by atoms with E-state index in [0.717, 1.165) is 186 Å². The van der Waals surface area contributed by atoms with Crippen LogP contribution in [-0.4, -0.2) is 167 Å². The number of carbonyl (C=O) groups excluding carboxylic acids is 1. The van der Waals surface area contributed by atoms with Gasteiger partial charge in [0.05, 0.1) is 24.4 Å². The molecule has 10 nitrogen and oxygen atoms in total. The molecule has 0 saturated carbocycles. The molecule has 0 aromatic heterocycles. The number of rotatable bonds is 66. The van der Waals surface area contributed by atoms with Crippen LogP contribution in [0.5, 0.6) is 0 Å². The van der Waals surface area contributed by atoms with Crippen molar-refractivity contribution in [1.29, 1.82) is 0 Å². The first-order valence-corrected chi connectivity index (χ1v) is 39.6. The first-order chi connectivity index (χ1) is 43.2. The predicted octanol–water partition coefficient (Wildman–Crippen LogP) is 18.6. The number of esters is 1. The van der Waals surface area contributed by atoms with Gasteiger partial charge in [-0.25, -0.2) is 0 Å². The number of piperazine rings is 1. The van der Waals surface area contributed by atoms with Crippen molar-refractivity contribution in [2.75, 3.05) is 96.6 Å². The lowest BCUT2D eigenvalue weighted by Gasteiger charge is -2.34. The highest BCUT2D eigenvalue weighted by Gasteiger charge is 2.20. The molecule has 0 spiro atoms. The Morgan fingerprint density at radius 1 is 0.398 bits per heavy atom. The summed E-state index contributed by atoms with van der Waals surface area (Å²) in [5, 5.41) is 44.4. The highest BCUT2D eigenvalue weighted by atomic mass is 33.1. The molecule has 0 aromatic rings. The molecule has 4 atom stereocenters. The van der Waals surface area contributed by atoms with Gasteiger partial charge in [-0.3, -0.25) is 24.4 Å². The monoisotopic (exact) mass is 1270 g/mol. The fourth-order valence-electron chi connectivity index (χ4n) is 11.6. The number of unbranched alkanes of at least 4 members (excludes halogenated alkanes) is 23. The van der Waals surface area contributed by atoms with Crippen molar-refractivity contribution in [3.05, 3.63) is 72.9 Å². The summed E-state index contributed by atoms with van der Waals surface area (Å²) in [7, 11) is 3.98. The van der Waals surface area contributed by atoms with Gasteiger partial charge in [0, 0.05) is 83.4 Å². The van der Waals surface area contributed by atoms with Crippen LogP contribution in [0.2, 0.25) is 0 Å². The maximum absolute atomic E-state index is 13.0. The van der Waals surface area contributed by atoms with Crippen LogP contribution in [0.15, 0.2) is 72.9 Å². The van der Waals surface area contributed by atoms with Crippen molar-refractivity contribution in [3.63, 3.8) is 0 Å². The van der Waals surface area contributed by atoms with E-state index in [4.69, 9.17) is 4.74 Å². The molecule has 1 fully saturated rings. The number of hydrogen-bond acceptors (Lipinski definition) is 12. The molecule has 0 bridgehead atoms. The van der Waals surface area contributed by atoms with E-state index < -0.39 is 12.2 Å². The van der Waals surface area contributed by atoms with E-state index >= 15 is 0 Å². The molecule has 2 unspecified atom stereocenters. The lowest BCUT2D eigenvalue weighted by Crippen LogP contribution is -2.47. The standard InChI is InChI=1S/C76H142N4O6S2/c1-5-9-13-17-21-25-27-29-31-33-35-39-43-47-54-74(83)70-80(71-75(84)55-48-44-40-36-34-32-30-28-26-22-18-14-10-6-2)58-51-56-76(85)86-65-63-77-59-61-78(62-60-77)64-67-88-87-66-50-49-57-79(68-72(81)52-45-41-37-23-19-15-11-7-3)69-73(82)53-46-42-38-24-20-16-12-8-4/h9-10,13-14,21-22,25-26,29-32,72-75,81-84H,5-8,11-12,15-20,23-24,27-28,33-71H2,1-4H3/b13-9-,14-10-,25-21-,26-22-,31-29-,32-30-/t72?,73?,74-,75-/m1/s1. The molecular weight excluding hydrogens is 1130 g/mol. The minimum Gasteiger partial charge on any atom is -0.464 e. The van der Waals surface area contributed by atoms with Gasteiger partial charge in [0.25, 0.3) is 0 Å². The molecule has 1 saturated heterocycles. The summed E-state index contributed by atoms with van der Waals surface area (Å²) >= 11 is 0. The lowest BCUT2D eigenvalue weighted by molar-refractivity contribution is -0.144. The molecule has 0 aliphatic carbocycles. The Kier molecular flexibility index (Phi) is 63.9. The summed E-state index contributed by atoms with van der Waals surface area (Å²) in [6.07, 6.45) is 69.8. The van der Waals surface area contributed by atoms with Crippen LogP contribution in [0.4, 0.5) is 0 Å². The number of aliphatic hydroxyl groups is 4. The van der Waals surface area contributed by atoms with E-state index in [-0.39, 0.29) is 18.2 Å². The lowest BCUT2D eigenvalue weighted by atomic mass is 10.0. The van der Waals surface area contributed by atoms with Crippen LogP contribution < -0.4 is 0 Å². The van der Waals surface area contributed by atoms with Gasteiger partial charge in [0.1, 0.15) is 6.61 Å². The van der Waals surface area contributed by atoms with Crippen LogP contribution in [0.25, 0.3) is 0 Å². The number of nitrogens with zero attached hydrogens (tertiary/aromatic N) is 4. The summed E-state index contributed by atoms with van der Waals surface area (Å²) < 4.78 is 5.76. The summed E-state index contributed by atoms with van der Waals surface area (Å²) in [5.41, 5.74) is 0. The third-order valence-corrected chi connectivity index (χ3v) is 19.5. The van der Waals surface area contributed by atoms with Gasteiger partial charge in [-0.2, -0.15) is 0 Å². The van der Waals surface area contributed by atoms with Crippen molar-refractivity contribution >= 4 is 27.6 Å². The quantitative estimate of drug-likeness (QED) is 0.0201. The minimum absolute atomic E-state index is 0.157. The summed E-state index contributed by atoms with van der Waals surface area (Å²) in [6.45, 7) is 19.2. The number of aliphatic hydroxyl groups excluding tert-OH is 4. The van der Waals surface area contributed by atoms with E-state index in [2.05, 4.69) is 120 Å². The highest BCUT2D eigenvalue weighted by Crippen LogP contribution is 2.23. The average molecular weight is 1270 g/mol. The van der Waals surface area contributed by atoms with Crippen LogP contribution in [0.1, 0.15) is 285 Å². The van der Waals surface area contributed by atoms with Gasteiger partial charge in [0.15, 0.2) is 0 Å². The zero-order valence-electron chi connectivity index (χ0n) is 57.8. The maximum Gasteiger partial charge on any atom is 0.305 e. The number of allylic oxidation sites excluding steroid dienone is 12. The van der Waals surface area contributed by atoms with Crippen molar-refractivity contribution < 1.29 is 30.0 Å². The second-order valence-electron chi connectivity index (χ2n) is 25.6. The third-order valence-electron chi connectivity index (χ3n) is 17.1. The molecule has 88 heavy (non-hydrogen) atoms. The number of hydrogen-bond donors (Lipinski definition) is 4. The molecule has 12 heteroatoms. The van der Waals surface area contributed by atoms with Crippen molar-refractivity contribution in [2.45, 2.75) is 309 Å². The van der Waals surface area contributed by atoms with Gasteiger partial charge in [-0.05, 0) is 122 Å². The van der Waals surface area contributed by atoms with Crippen LogP contribution >= 0.6 is 21.6 Å². The zero-order valence-corrected chi connectivity index (χ0v) is 59.5. The smallest absolute Gasteiger partial charge is 0.305 e. The second-order valence-corrected chi connectivity index (χ2v) is 28.3. The van der Waals surface area contributed by atoms with E-state index in [0.29, 0.717) is 52.2 Å². The Balaban J connectivity index is 2.42. The molecule has 0 radical (unpaired) electrons. The van der Waals surface area contributed by atoms with Gasteiger partial charge < -0.3 is 25.2 Å². The fraction of sp³-hybridized carbons (Fsp3) is 0.829. The summed E-state index contributed by atoms with van der Waals surface area (Å²) in [6, 6.07) is 0. The normalized spacial score (nSPS) is 15.4. The van der Waals surface area contributed by atoms with Gasteiger partial charge in [-0.15, -0.1) is 0 Å². The van der Waals surface area contributed by atoms with E-state index in [1.165, 1.54) is 116 Å². The second kappa shape index (κ2) is 66.7. The molecule has 4 N–H and O–H groups in total. The molecule has 1 aliphatic rings. The van der Waals surface area contributed by atoms with Gasteiger partial charge in [-0.1, -0.05) is 263 Å². The van der Waals surface area contributed by atoms with Crippen molar-refractivity contribution in [2.24, 2.45) is 0 Å². The molecule has 514 valence electrons. The Morgan fingerprint density at radius 2 is 0.739 bits per heavy atom. The van der Waals surface area contributed by atoms with Crippen molar-refractivity contribution in [1.82, 2.24) is 19.6 Å². The fourth-order valence-corrected chi connectivity index (χ4v) is 13.7. The molecular formula is C76H142N4O6S2. The van der Waals surface area contributed by atoms with Crippen molar-refractivity contribution in [3.8, 4) is 0 Å². The first kappa shape index (κ1) is 84.3. The Hall–Kier alpha value is -1.71. The third kappa shape index (κ3) is 59.3. The topological polar surface area (TPSA) is 120 Å². The highest BCUT2D eigenvalue weighted by molar-refractivity contribution is 8.76. The zero-order chi connectivity index (χ0) is 63.7. The Labute approximate surface area is 552 Å². The maximum atomic E-state index is 13.0. The van der Waals surface area contributed by atoms with Crippen LogP contribution in [-0.2, 0) is 9.53 Å². The summed E-state index contributed by atoms with van der Waals surface area (Å²) in [4.78, 5) is 22.5. The average Bonchev–Trinajstić information content (AvgIpc) is 3.65. The van der Waals surface area contributed by atoms with Crippen LogP contribution in [0, 0.1) is 0 Å². The molecule has 1 rings (SSSR count). The predicted molar refractivity (Wildman–Crippen MR) is 388 cm³/mol. The number of ether oxygens (including phenoxy) is 1. The molecule has 0 aromatic carbocycles. The minimum atomic E-state index is -0.447. The Morgan fingerprint density at radius 3 is 1.15 bits per heavy atom. The molecule has 1 heterocycles. The largest absolute Gasteiger partial charge is 0.464 e. The van der Waals surface area contributed by atoms with E-state index in [9.17, 15) is 25.2 Å². The number of carbonyl (C=O) groups is 1. The molecule has 0 amide bonds. The van der Waals surface area contributed by atoms with Gasteiger partial charge in [0.2, 0.25) is 0 Å². The Bertz CT molecular complexity index is 1570. The first-order valence-electron chi connectivity index (χ1n) is 37.1. The summed E-state index contributed by atoms with van der Waals surface area (Å²) in [5.74, 6) is 2.09. The van der Waals surface area contributed by atoms with Crippen LogP contribution in [0.3, 0.4) is 0 Å². The van der Waals surface area contributed by atoms with E-state index in [1.807, 2.05) is 21.6 Å². The molecule has 1 aliphatic heterocycles. The van der Waals surface area contributed by atoms with E-state index in [1.54, 1.807) is 0 Å². The van der Waals surface area contributed by atoms with Gasteiger partial charge >= 0.3 is 5.97 Å².